The molecule has 1 aliphatic carbocycles. The number of likely N-dealkylation sites (tertiary alicyclic amines) is 1. The number of nitrogens with one attached hydrogen (secondary N) is 1. The summed E-state index contributed by atoms with van der Waals surface area (Å²) in [6, 6.07) is 3.76. The van der Waals surface area contributed by atoms with Crippen molar-refractivity contribution in [2.75, 3.05) is 26.3 Å². The minimum absolute atomic E-state index is 0.0174. The summed E-state index contributed by atoms with van der Waals surface area (Å²) in [7, 11) is 0. The van der Waals surface area contributed by atoms with E-state index < -0.39 is 0 Å². The number of nitrogens with zero attached hydrogens (tertiary/aromatic N) is 16. The molecule has 1 unspecified atom stereocenters. The number of hydrogen-bond acceptors (Lipinski definition) is 16. The molecule has 10 heterocycles. The van der Waals surface area contributed by atoms with E-state index in [-0.39, 0.29) is 43.6 Å². The van der Waals surface area contributed by atoms with Crippen LogP contribution in [0, 0.1) is 27.6 Å². The summed E-state index contributed by atoms with van der Waals surface area (Å²) in [5.41, 5.74) is 4.56. The second-order valence-electron chi connectivity index (χ2n) is 36.5. The van der Waals surface area contributed by atoms with Crippen LogP contribution in [0.4, 0.5) is 0 Å². The molecule has 6 aromatic rings. The largest absolute Gasteiger partial charge is 0.448 e. The summed E-state index contributed by atoms with van der Waals surface area (Å²) in [4.78, 5) is 40.2. The smallest absolute Gasteiger partial charge is 0.199 e. The SMILES string of the molecule is CC(C)(C)C1=CCC=N1.CC(C)(C)C1=CCN=C1.CC(C)(C)C1=NCN=N1.CC(C)(C)C1C=CCC1.CC(C)(C)N1CCCC1.CC(C)(C)c1ncc[nH]1.CC(C)(C)c1ncccn1.CC(C)(C)c1ncco1.CC(C)(C)c1ncco1.CC(C)(C)n1cccn1.CC(C)(C)n1nccn1. The standard InChI is InChI=1S/C9H16.C8H12N2.C8H13N.C8H17N.C8H13N.2C7H12N2.2C7H11NO.2C6H11N3/c1-9(2,3)8-6-4-5-7-8;1-8(2,3)7-9-5-4-6-10-7;1-8(2,3)7-4-5-9-6-7;1-8(2,3)9-6-4-5-7-9;1-8(2,3)7-5-4-6-9-7;1-7(2,3)6-8-4-5-9-6;1-7(2,3)9-6-4-5-8-9;2*1-7(2,3)6-8-4-5-9-6;1-6(2,3)5-7-4-8-9-5;1-6(2,3)9-7-4-5-8-9/h4,6,8H,5,7H2,1-3H3;4-6H,1-3H3;4,6H,5H2,1-3H3;4-7H2,1-3H3;5-6H,4H2,1-3H3;4-5H,1-3H3,(H,8,9);4-6H,1-3H3;2*4-5H,1-3H3;4H2,1-3H3;4-5H,1-3H3. The van der Waals surface area contributed by atoms with Crippen molar-refractivity contribution in [1.29, 1.82) is 0 Å². The fourth-order valence-corrected chi connectivity index (χ4v) is 8.86. The summed E-state index contributed by atoms with van der Waals surface area (Å²) in [5, 5.41) is 19.7. The summed E-state index contributed by atoms with van der Waals surface area (Å²) < 4.78 is 12.1. The van der Waals surface area contributed by atoms with Gasteiger partial charge in [0.2, 0.25) is 0 Å². The van der Waals surface area contributed by atoms with Crippen LogP contribution in [0.1, 0.15) is 284 Å². The number of aromatic nitrogens is 11. The highest BCUT2D eigenvalue weighted by atomic mass is 16.3. The van der Waals surface area contributed by atoms with Crippen LogP contribution in [0.2, 0.25) is 0 Å². The van der Waals surface area contributed by atoms with Crippen LogP contribution in [0.3, 0.4) is 0 Å². The molecule has 1 N–H and O–H groups in total. The zero-order valence-corrected chi connectivity index (χ0v) is 69.0. The number of amidine groups is 1. The van der Waals surface area contributed by atoms with Gasteiger partial charge in [0.15, 0.2) is 24.3 Å². The van der Waals surface area contributed by atoms with Crippen molar-refractivity contribution >= 4 is 18.3 Å². The van der Waals surface area contributed by atoms with Gasteiger partial charge in [0, 0.05) is 99.8 Å². The molecule has 1 atom stereocenters. The van der Waals surface area contributed by atoms with E-state index in [1.165, 1.54) is 50.0 Å². The molecule has 0 spiro atoms. The number of aliphatic imine (C=N–C) groups is 3. The molecule has 0 radical (unpaired) electrons. The Labute approximate surface area is 607 Å². The van der Waals surface area contributed by atoms with Crippen molar-refractivity contribution < 1.29 is 8.83 Å². The number of allylic oxidation sites excluding steroid dienone is 5. The second-order valence-corrected chi connectivity index (χ2v) is 36.5. The van der Waals surface area contributed by atoms with Crippen molar-refractivity contribution in [2.24, 2.45) is 52.8 Å². The number of oxazole rings is 2. The Morgan fingerprint density at radius 1 is 0.500 bits per heavy atom. The van der Waals surface area contributed by atoms with Crippen molar-refractivity contribution in [3.8, 4) is 0 Å². The lowest BCUT2D eigenvalue weighted by Crippen LogP contribution is -2.38. The van der Waals surface area contributed by atoms with Gasteiger partial charge in [0.05, 0.1) is 42.4 Å². The van der Waals surface area contributed by atoms with Gasteiger partial charge in [0.25, 0.3) is 0 Å². The number of aromatic amines is 1. The van der Waals surface area contributed by atoms with Crippen molar-refractivity contribution in [3.63, 3.8) is 0 Å². The number of azo groups is 1. The first-order chi connectivity index (χ1) is 45.7. The second kappa shape index (κ2) is 40.5. The van der Waals surface area contributed by atoms with Gasteiger partial charge < -0.3 is 13.8 Å². The van der Waals surface area contributed by atoms with Crippen LogP contribution in [-0.2, 0) is 32.7 Å². The van der Waals surface area contributed by atoms with Crippen molar-refractivity contribution in [3.05, 3.63) is 146 Å². The zero-order chi connectivity index (χ0) is 76.7. The van der Waals surface area contributed by atoms with Gasteiger partial charge in [-0.3, -0.25) is 19.6 Å². The molecular formula is C81H139N17O2. The molecular weight excluding hydrogens is 1240 g/mol. The van der Waals surface area contributed by atoms with E-state index in [0.29, 0.717) is 23.0 Å². The molecule has 560 valence electrons. The molecule has 0 amide bonds. The first kappa shape index (κ1) is 90.9. The van der Waals surface area contributed by atoms with E-state index in [9.17, 15) is 0 Å². The van der Waals surface area contributed by atoms with E-state index in [1.54, 1.807) is 66.9 Å². The fourth-order valence-electron chi connectivity index (χ4n) is 8.86. The predicted octanol–water partition coefficient (Wildman–Crippen LogP) is 21.3. The molecule has 1 fully saturated rings. The third kappa shape index (κ3) is 39.2. The highest BCUT2D eigenvalue weighted by Gasteiger charge is 2.26. The minimum atomic E-state index is 0.0174. The summed E-state index contributed by atoms with van der Waals surface area (Å²) in [6.07, 6.45) is 40.3. The molecule has 5 aliphatic rings. The lowest BCUT2D eigenvalue weighted by Gasteiger charge is -2.31. The maximum Gasteiger partial charge on any atom is 0.199 e. The fraction of sp³-hybridized carbons (Fsp3) is 0.667. The third-order valence-corrected chi connectivity index (χ3v) is 15.0. The number of hydrogen-bond donors (Lipinski definition) is 1. The van der Waals surface area contributed by atoms with Gasteiger partial charge in [-0.2, -0.15) is 25.2 Å². The minimum Gasteiger partial charge on any atom is -0.448 e. The number of rotatable bonds is 0. The van der Waals surface area contributed by atoms with Crippen LogP contribution < -0.4 is 0 Å². The van der Waals surface area contributed by atoms with Crippen LogP contribution in [0.5, 0.6) is 0 Å². The van der Waals surface area contributed by atoms with Gasteiger partial charge >= 0.3 is 0 Å². The Balaban J connectivity index is 0.000000550. The van der Waals surface area contributed by atoms with Gasteiger partial charge in [-0.25, -0.2) is 29.9 Å². The van der Waals surface area contributed by atoms with E-state index in [4.69, 9.17) is 8.83 Å². The van der Waals surface area contributed by atoms with E-state index in [0.717, 1.165) is 48.1 Å². The van der Waals surface area contributed by atoms with Crippen LogP contribution in [-0.4, -0.2) is 110 Å². The maximum atomic E-state index is 5.09. The Kier molecular flexibility index (Phi) is 36.8. The summed E-state index contributed by atoms with van der Waals surface area (Å²) in [6.45, 7) is 74.9. The van der Waals surface area contributed by atoms with Gasteiger partial charge in [-0.1, -0.05) is 190 Å². The Bertz CT molecular complexity index is 2930. The van der Waals surface area contributed by atoms with Crippen molar-refractivity contribution in [1.82, 2.24) is 59.6 Å². The van der Waals surface area contributed by atoms with Crippen LogP contribution in [0.15, 0.2) is 156 Å². The normalized spacial score (nSPS) is 16.0. The average Bonchev–Trinajstić information content (AvgIpc) is 1.75. The predicted molar refractivity (Wildman–Crippen MR) is 421 cm³/mol. The van der Waals surface area contributed by atoms with Gasteiger partial charge in [-0.15, -0.1) is 5.11 Å². The van der Waals surface area contributed by atoms with E-state index >= 15 is 0 Å². The quantitative estimate of drug-likeness (QED) is 0.141. The van der Waals surface area contributed by atoms with Gasteiger partial charge in [0.1, 0.15) is 24.2 Å². The average molecular weight is 1380 g/mol. The highest BCUT2D eigenvalue weighted by Crippen LogP contribution is 2.34. The topological polar surface area (TPSA) is 220 Å². The summed E-state index contributed by atoms with van der Waals surface area (Å²) in [5.74, 6) is 5.22. The Hall–Kier alpha value is -7.15. The molecule has 4 aliphatic heterocycles. The van der Waals surface area contributed by atoms with Crippen molar-refractivity contribution in [2.45, 2.75) is 299 Å². The highest BCUT2D eigenvalue weighted by molar-refractivity contribution is 5.88. The first-order valence-corrected chi connectivity index (χ1v) is 35.9. The summed E-state index contributed by atoms with van der Waals surface area (Å²) >= 11 is 0. The van der Waals surface area contributed by atoms with Crippen LogP contribution in [0.25, 0.3) is 0 Å². The lowest BCUT2D eigenvalue weighted by atomic mass is 9.81. The number of imidazole rings is 1. The lowest BCUT2D eigenvalue weighted by molar-refractivity contribution is 0.175. The molecule has 0 aromatic carbocycles. The Morgan fingerprint density at radius 2 is 1.05 bits per heavy atom. The van der Waals surface area contributed by atoms with Gasteiger partial charge in [-0.05, 0) is 136 Å². The zero-order valence-electron chi connectivity index (χ0n) is 69.0. The molecule has 0 saturated carbocycles. The van der Waals surface area contributed by atoms with Crippen LogP contribution >= 0.6 is 0 Å². The molecule has 11 rings (SSSR count). The monoisotopic (exact) mass is 1380 g/mol. The molecule has 100 heavy (non-hydrogen) atoms. The molecule has 6 aromatic heterocycles. The van der Waals surface area contributed by atoms with E-state index in [2.05, 4.69) is 328 Å². The Morgan fingerprint density at radius 3 is 1.26 bits per heavy atom. The van der Waals surface area contributed by atoms with E-state index in [1.807, 2.05) is 41.6 Å². The molecule has 19 heteroatoms. The third-order valence-electron chi connectivity index (χ3n) is 15.0. The first-order valence-electron chi connectivity index (χ1n) is 35.9. The maximum absolute atomic E-state index is 5.09. The molecule has 0 bridgehead atoms. The molecule has 1 saturated heterocycles. The molecule has 19 nitrogen and oxygen atoms in total. The number of H-pyrrole nitrogens is 1.